The molecule has 1 aromatic carbocycles. The molecule has 0 spiro atoms. The quantitative estimate of drug-likeness (QED) is 0.852. The summed E-state index contributed by atoms with van der Waals surface area (Å²) >= 11 is 6.00. The molecule has 1 aliphatic rings. The normalized spacial score (nSPS) is 23.2. The van der Waals surface area contributed by atoms with Crippen LogP contribution in [0.4, 0.5) is 0 Å². The Bertz CT molecular complexity index is 459. The fraction of sp³-hybridized carbons (Fsp3) is 0.462. The third-order valence-corrected chi connectivity index (χ3v) is 3.59. The highest BCUT2D eigenvalue weighted by Crippen LogP contribution is 2.31. The lowest BCUT2D eigenvalue weighted by atomic mass is 9.86. The van der Waals surface area contributed by atoms with Crippen LogP contribution in [0.25, 0.3) is 0 Å². The van der Waals surface area contributed by atoms with Crippen molar-refractivity contribution in [2.24, 2.45) is 0 Å². The van der Waals surface area contributed by atoms with Crippen LogP contribution >= 0.6 is 11.6 Å². The number of benzene rings is 1. The lowest BCUT2D eigenvalue weighted by Crippen LogP contribution is -2.42. The minimum Gasteiger partial charge on any atom is -0.480 e. The summed E-state index contributed by atoms with van der Waals surface area (Å²) in [5, 5.41) is 13.0. The van der Waals surface area contributed by atoms with Crippen molar-refractivity contribution >= 4 is 17.6 Å². The number of carbonyl (C=O) groups is 1. The second-order valence-electron chi connectivity index (χ2n) is 4.54. The summed E-state index contributed by atoms with van der Waals surface area (Å²) in [6.07, 6.45) is 1.80. The molecule has 92 valence electrons. The van der Waals surface area contributed by atoms with E-state index in [1.807, 2.05) is 13.0 Å². The van der Waals surface area contributed by atoms with Crippen LogP contribution in [0.3, 0.4) is 0 Å². The van der Waals surface area contributed by atoms with Gasteiger partial charge in [0.05, 0.1) is 0 Å². The van der Waals surface area contributed by atoms with Gasteiger partial charge in [-0.2, -0.15) is 0 Å². The van der Waals surface area contributed by atoms with E-state index in [1.165, 1.54) is 0 Å². The Kier molecular flexibility index (Phi) is 3.40. The van der Waals surface area contributed by atoms with Crippen molar-refractivity contribution in [3.05, 3.63) is 33.8 Å². The van der Waals surface area contributed by atoms with Gasteiger partial charge in [0.2, 0.25) is 0 Å². The highest BCUT2D eigenvalue weighted by atomic mass is 35.5. The second kappa shape index (κ2) is 4.67. The molecule has 4 heteroatoms. The fourth-order valence-corrected chi connectivity index (χ4v) is 2.71. The highest BCUT2D eigenvalue weighted by molar-refractivity contribution is 6.30. The Morgan fingerprint density at radius 2 is 2.29 bits per heavy atom. The molecule has 2 rings (SSSR count). The van der Waals surface area contributed by atoms with Gasteiger partial charge in [-0.05, 0) is 48.6 Å². The average Bonchev–Trinajstić information content (AvgIpc) is 2.27. The zero-order valence-corrected chi connectivity index (χ0v) is 10.7. The number of fused-ring (bicyclic) bond motifs is 1. The number of hydrogen-bond acceptors (Lipinski definition) is 2. The van der Waals surface area contributed by atoms with Gasteiger partial charge in [0.1, 0.15) is 6.04 Å². The van der Waals surface area contributed by atoms with Gasteiger partial charge < -0.3 is 5.11 Å². The number of carboxylic acids is 1. The zero-order valence-electron chi connectivity index (χ0n) is 9.96. The molecule has 0 aromatic heterocycles. The first-order valence-corrected chi connectivity index (χ1v) is 6.18. The Hall–Kier alpha value is -1.06. The maximum Gasteiger partial charge on any atom is 0.325 e. The monoisotopic (exact) mass is 253 g/mol. The summed E-state index contributed by atoms with van der Waals surface area (Å²) < 4.78 is 0. The smallest absolute Gasteiger partial charge is 0.325 e. The Morgan fingerprint density at radius 1 is 1.59 bits per heavy atom. The van der Waals surface area contributed by atoms with Crippen LogP contribution < -0.4 is 5.32 Å². The van der Waals surface area contributed by atoms with Crippen molar-refractivity contribution in [3.8, 4) is 0 Å². The van der Waals surface area contributed by atoms with E-state index in [1.54, 1.807) is 6.07 Å². The van der Waals surface area contributed by atoms with Gasteiger partial charge >= 0.3 is 5.97 Å². The molecule has 1 aromatic rings. The van der Waals surface area contributed by atoms with E-state index >= 15 is 0 Å². The lowest BCUT2D eigenvalue weighted by molar-refractivity contribution is -0.140. The Balaban J connectivity index is 2.52. The molecule has 0 fully saturated rings. The number of aliphatic carboxylic acids is 1. The predicted octanol–water partition coefficient (Wildman–Crippen LogP) is 2.70. The van der Waals surface area contributed by atoms with Gasteiger partial charge in [-0.1, -0.05) is 18.5 Å². The Labute approximate surface area is 106 Å². The van der Waals surface area contributed by atoms with E-state index < -0.39 is 12.0 Å². The predicted molar refractivity (Wildman–Crippen MR) is 67.5 cm³/mol. The van der Waals surface area contributed by atoms with E-state index in [2.05, 4.69) is 12.2 Å². The topological polar surface area (TPSA) is 49.3 Å². The standard InChI is InChI=1S/C13H16ClNO2/c1-3-9-6-10-7(2)4-8(14)5-11(10)12(15-9)13(16)17/h4-5,9,12,15H,3,6H2,1-2H3,(H,16,17). The van der Waals surface area contributed by atoms with Crippen LogP contribution in [-0.2, 0) is 11.2 Å². The Morgan fingerprint density at radius 3 is 2.88 bits per heavy atom. The van der Waals surface area contributed by atoms with Crippen LogP contribution in [0, 0.1) is 6.92 Å². The molecule has 1 heterocycles. The number of nitrogens with one attached hydrogen (secondary N) is 1. The molecule has 0 saturated carbocycles. The third-order valence-electron chi connectivity index (χ3n) is 3.38. The van der Waals surface area contributed by atoms with Crippen molar-refractivity contribution < 1.29 is 9.90 Å². The molecule has 0 bridgehead atoms. The number of aryl methyl sites for hydroxylation is 1. The fourth-order valence-electron chi connectivity index (χ4n) is 2.43. The van der Waals surface area contributed by atoms with E-state index in [0.717, 1.165) is 29.5 Å². The van der Waals surface area contributed by atoms with E-state index in [-0.39, 0.29) is 6.04 Å². The van der Waals surface area contributed by atoms with Gasteiger partial charge in [0.15, 0.2) is 0 Å². The summed E-state index contributed by atoms with van der Waals surface area (Å²) in [6.45, 7) is 4.05. The maximum absolute atomic E-state index is 11.3. The number of carboxylic acid groups (broad SMARTS) is 1. The first-order chi connectivity index (χ1) is 8.02. The molecule has 1 aliphatic heterocycles. The lowest BCUT2D eigenvalue weighted by Gasteiger charge is -2.31. The molecule has 17 heavy (non-hydrogen) atoms. The van der Waals surface area contributed by atoms with Gasteiger partial charge in [-0.3, -0.25) is 10.1 Å². The first kappa shape index (κ1) is 12.4. The number of halogens is 1. The van der Waals surface area contributed by atoms with Crippen molar-refractivity contribution in [1.82, 2.24) is 5.32 Å². The largest absolute Gasteiger partial charge is 0.480 e. The summed E-state index contributed by atoms with van der Waals surface area (Å²) in [4.78, 5) is 11.3. The van der Waals surface area contributed by atoms with Crippen LogP contribution in [0.2, 0.25) is 5.02 Å². The van der Waals surface area contributed by atoms with Gasteiger partial charge in [-0.25, -0.2) is 0 Å². The minimum absolute atomic E-state index is 0.225. The molecule has 2 atom stereocenters. The van der Waals surface area contributed by atoms with Gasteiger partial charge in [0.25, 0.3) is 0 Å². The van der Waals surface area contributed by atoms with Crippen molar-refractivity contribution in [1.29, 1.82) is 0 Å². The third kappa shape index (κ3) is 2.31. The van der Waals surface area contributed by atoms with Crippen molar-refractivity contribution in [2.45, 2.75) is 38.8 Å². The van der Waals surface area contributed by atoms with Crippen LogP contribution in [0.1, 0.15) is 36.1 Å². The van der Waals surface area contributed by atoms with Crippen molar-refractivity contribution in [2.75, 3.05) is 0 Å². The molecule has 0 aliphatic carbocycles. The summed E-state index contributed by atoms with van der Waals surface area (Å²) in [6, 6.07) is 3.25. The SMILES string of the molecule is CCC1Cc2c(C)cc(Cl)cc2C(C(=O)O)N1. The van der Waals surface area contributed by atoms with Gasteiger partial charge in [-0.15, -0.1) is 0 Å². The first-order valence-electron chi connectivity index (χ1n) is 5.80. The summed E-state index contributed by atoms with van der Waals surface area (Å²) in [5.41, 5.74) is 3.03. The molecule has 0 saturated heterocycles. The molecule has 0 amide bonds. The average molecular weight is 254 g/mol. The van der Waals surface area contributed by atoms with E-state index in [0.29, 0.717) is 5.02 Å². The molecular formula is C13H16ClNO2. The molecule has 2 N–H and O–H groups in total. The summed E-state index contributed by atoms with van der Waals surface area (Å²) in [7, 11) is 0. The molecule has 3 nitrogen and oxygen atoms in total. The zero-order chi connectivity index (χ0) is 12.6. The second-order valence-corrected chi connectivity index (χ2v) is 4.97. The molecular weight excluding hydrogens is 238 g/mol. The highest BCUT2D eigenvalue weighted by Gasteiger charge is 2.31. The van der Waals surface area contributed by atoms with Crippen molar-refractivity contribution in [3.63, 3.8) is 0 Å². The number of hydrogen-bond donors (Lipinski definition) is 2. The minimum atomic E-state index is -0.842. The van der Waals surface area contributed by atoms with Crippen LogP contribution in [0.15, 0.2) is 12.1 Å². The molecule has 0 radical (unpaired) electrons. The molecule has 2 unspecified atom stereocenters. The van der Waals surface area contributed by atoms with E-state index in [4.69, 9.17) is 11.6 Å². The summed E-state index contributed by atoms with van der Waals surface area (Å²) in [5.74, 6) is -0.842. The van der Waals surface area contributed by atoms with E-state index in [9.17, 15) is 9.90 Å². The van der Waals surface area contributed by atoms with Crippen LogP contribution in [-0.4, -0.2) is 17.1 Å². The number of rotatable bonds is 2. The van der Waals surface area contributed by atoms with Crippen LogP contribution in [0.5, 0.6) is 0 Å². The maximum atomic E-state index is 11.3. The van der Waals surface area contributed by atoms with Gasteiger partial charge in [0, 0.05) is 11.1 Å².